The van der Waals surface area contributed by atoms with E-state index in [-0.39, 0.29) is 12.4 Å². The second kappa shape index (κ2) is 4.68. The molecule has 0 aliphatic heterocycles. The normalized spacial score (nSPS) is 14.9. The van der Waals surface area contributed by atoms with E-state index in [1.165, 1.54) is 0 Å². The molecule has 0 aromatic carbocycles. The Hall–Kier alpha value is -0.140. The van der Waals surface area contributed by atoms with Crippen LogP contribution < -0.4 is 5.14 Å². The van der Waals surface area contributed by atoms with Crippen LogP contribution in [0.25, 0.3) is 0 Å². The molecular formula is C4H8F3NO2S. The minimum Gasteiger partial charge on any atom is -0.371 e. The Balaban J connectivity index is 3.22. The van der Waals surface area contributed by atoms with Crippen molar-refractivity contribution >= 4 is 11.0 Å². The molecule has 0 radical (unpaired) electrons. The van der Waals surface area contributed by atoms with E-state index in [9.17, 15) is 17.4 Å². The first kappa shape index (κ1) is 10.9. The van der Waals surface area contributed by atoms with Gasteiger partial charge in [0.05, 0.1) is 23.3 Å². The van der Waals surface area contributed by atoms with E-state index in [1.807, 2.05) is 0 Å². The van der Waals surface area contributed by atoms with Crippen LogP contribution in [0.2, 0.25) is 0 Å². The van der Waals surface area contributed by atoms with Crippen LogP contribution in [0.1, 0.15) is 0 Å². The number of hydrogen-bond acceptors (Lipinski definition) is 2. The lowest BCUT2D eigenvalue weighted by Gasteiger charge is -2.05. The molecule has 0 heterocycles. The molecule has 0 aliphatic rings. The van der Waals surface area contributed by atoms with Gasteiger partial charge >= 0.3 is 6.18 Å². The van der Waals surface area contributed by atoms with Crippen LogP contribution in [-0.4, -0.2) is 29.4 Å². The predicted octanol–water partition coefficient (Wildman–Crippen LogP) is 0.188. The van der Waals surface area contributed by atoms with E-state index in [4.69, 9.17) is 5.14 Å². The van der Waals surface area contributed by atoms with Crippen LogP contribution in [-0.2, 0) is 15.7 Å². The minimum atomic E-state index is -4.32. The van der Waals surface area contributed by atoms with Gasteiger partial charge in [-0.2, -0.15) is 13.2 Å². The summed E-state index contributed by atoms with van der Waals surface area (Å²) in [6.45, 7) is -1.55. The zero-order valence-electron chi connectivity index (χ0n) is 5.56. The van der Waals surface area contributed by atoms with E-state index in [0.717, 1.165) is 0 Å². The summed E-state index contributed by atoms with van der Waals surface area (Å²) in [6, 6.07) is 0. The number of alkyl halides is 3. The second-order valence-corrected chi connectivity index (χ2v) is 2.92. The molecule has 0 spiro atoms. The third kappa shape index (κ3) is 9.86. The summed E-state index contributed by atoms with van der Waals surface area (Å²) in [6.07, 6.45) is -4.32. The van der Waals surface area contributed by atoms with E-state index in [2.05, 4.69) is 4.74 Å². The maximum Gasteiger partial charge on any atom is 0.411 e. The fourth-order valence-electron chi connectivity index (χ4n) is 0.329. The highest BCUT2D eigenvalue weighted by molar-refractivity contribution is 7.82. The Labute approximate surface area is 64.3 Å². The maximum absolute atomic E-state index is 11.3. The van der Waals surface area contributed by atoms with E-state index in [1.54, 1.807) is 0 Å². The van der Waals surface area contributed by atoms with Gasteiger partial charge in [0.2, 0.25) is 0 Å². The van der Waals surface area contributed by atoms with Crippen molar-refractivity contribution in [3.63, 3.8) is 0 Å². The molecule has 0 aromatic heterocycles. The molecule has 1 unspecified atom stereocenters. The van der Waals surface area contributed by atoms with Crippen LogP contribution in [0.15, 0.2) is 0 Å². The summed E-state index contributed by atoms with van der Waals surface area (Å²) in [4.78, 5) is 0. The van der Waals surface area contributed by atoms with Crippen molar-refractivity contribution in [2.24, 2.45) is 5.14 Å². The molecule has 0 rings (SSSR count). The van der Waals surface area contributed by atoms with Crippen LogP contribution in [0.5, 0.6) is 0 Å². The van der Waals surface area contributed by atoms with Crippen LogP contribution in [0, 0.1) is 0 Å². The van der Waals surface area contributed by atoms with Crippen molar-refractivity contribution in [3.8, 4) is 0 Å². The molecule has 3 nitrogen and oxygen atoms in total. The molecule has 0 saturated carbocycles. The minimum absolute atomic E-state index is 0.0733. The summed E-state index contributed by atoms with van der Waals surface area (Å²) in [7, 11) is -1.59. The van der Waals surface area contributed by atoms with E-state index < -0.39 is 23.8 Å². The monoisotopic (exact) mass is 191 g/mol. The quantitative estimate of drug-likeness (QED) is 0.645. The first-order valence-electron chi connectivity index (χ1n) is 2.69. The fraction of sp³-hybridized carbons (Fsp3) is 1.00. The third-order valence-electron chi connectivity index (χ3n) is 0.695. The van der Waals surface area contributed by atoms with Crippen molar-refractivity contribution in [1.82, 2.24) is 0 Å². The smallest absolute Gasteiger partial charge is 0.371 e. The van der Waals surface area contributed by atoms with Gasteiger partial charge in [0.15, 0.2) is 0 Å². The summed E-state index contributed by atoms with van der Waals surface area (Å²) in [5.41, 5.74) is 0. The van der Waals surface area contributed by atoms with Crippen molar-refractivity contribution in [2.45, 2.75) is 6.18 Å². The van der Waals surface area contributed by atoms with Crippen molar-refractivity contribution in [2.75, 3.05) is 19.0 Å². The first-order chi connectivity index (χ1) is 4.92. The van der Waals surface area contributed by atoms with Gasteiger partial charge in [-0.1, -0.05) is 0 Å². The molecule has 0 aliphatic carbocycles. The van der Waals surface area contributed by atoms with Gasteiger partial charge in [0.25, 0.3) is 0 Å². The van der Waals surface area contributed by atoms with Crippen molar-refractivity contribution in [3.05, 3.63) is 0 Å². The molecule has 0 saturated heterocycles. The highest BCUT2D eigenvalue weighted by Gasteiger charge is 2.27. The number of halogens is 3. The van der Waals surface area contributed by atoms with Crippen LogP contribution in [0.3, 0.4) is 0 Å². The summed E-state index contributed by atoms with van der Waals surface area (Å²) >= 11 is 0. The number of hydrogen-bond donors (Lipinski definition) is 1. The lowest BCUT2D eigenvalue weighted by Crippen LogP contribution is -2.20. The van der Waals surface area contributed by atoms with Gasteiger partial charge in [-0.25, -0.2) is 4.21 Å². The largest absolute Gasteiger partial charge is 0.411 e. The Morgan fingerprint density at radius 2 is 2.00 bits per heavy atom. The summed E-state index contributed by atoms with van der Waals surface area (Å²) in [5.74, 6) is -0.0733. The molecule has 68 valence electrons. The highest BCUT2D eigenvalue weighted by atomic mass is 32.2. The Kier molecular flexibility index (Phi) is 4.62. The molecule has 11 heavy (non-hydrogen) atoms. The van der Waals surface area contributed by atoms with Crippen molar-refractivity contribution in [1.29, 1.82) is 0 Å². The molecule has 2 N–H and O–H groups in total. The van der Waals surface area contributed by atoms with E-state index >= 15 is 0 Å². The van der Waals surface area contributed by atoms with Gasteiger partial charge in [-0.15, -0.1) is 0 Å². The zero-order valence-corrected chi connectivity index (χ0v) is 6.37. The van der Waals surface area contributed by atoms with Crippen LogP contribution >= 0.6 is 0 Å². The zero-order chi connectivity index (χ0) is 8.91. The highest BCUT2D eigenvalue weighted by Crippen LogP contribution is 2.13. The second-order valence-electron chi connectivity index (χ2n) is 1.75. The summed E-state index contributed by atoms with van der Waals surface area (Å²) in [5, 5.41) is 4.75. The fourth-order valence-corrected chi connectivity index (χ4v) is 0.611. The topological polar surface area (TPSA) is 52.3 Å². The Morgan fingerprint density at radius 3 is 2.36 bits per heavy atom. The van der Waals surface area contributed by atoms with Crippen LogP contribution in [0.4, 0.5) is 13.2 Å². The summed E-state index contributed by atoms with van der Waals surface area (Å²) < 4.78 is 48.3. The standard InChI is InChI=1S/C4H8F3NO2S/c5-4(6,7)3-10-1-2-11(8)9/h1-3,8H2. The maximum atomic E-state index is 11.3. The molecule has 0 aromatic rings. The Bertz CT molecular complexity index is 138. The number of ether oxygens (including phenoxy) is 1. The molecule has 0 bridgehead atoms. The third-order valence-corrected chi connectivity index (χ3v) is 1.26. The van der Waals surface area contributed by atoms with Gasteiger partial charge in [-0.05, 0) is 0 Å². The SMILES string of the molecule is NS(=O)CCOCC(F)(F)F. The molecule has 0 fully saturated rings. The first-order valence-corrected chi connectivity index (χ1v) is 4.07. The van der Waals surface area contributed by atoms with Gasteiger partial charge < -0.3 is 4.74 Å². The number of rotatable bonds is 4. The number of nitrogens with two attached hydrogens (primary N) is 1. The van der Waals surface area contributed by atoms with Gasteiger partial charge in [0, 0.05) is 0 Å². The van der Waals surface area contributed by atoms with Gasteiger partial charge in [-0.3, -0.25) is 5.14 Å². The average molecular weight is 191 g/mol. The predicted molar refractivity (Wildman–Crippen MR) is 34.1 cm³/mol. The van der Waals surface area contributed by atoms with Crippen molar-refractivity contribution < 1.29 is 22.1 Å². The molecule has 1 atom stereocenters. The molecular weight excluding hydrogens is 183 g/mol. The average Bonchev–Trinajstić information content (AvgIpc) is 1.78. The molecule has 7 heteroatoms. The van der Waals surface area contributed by atoms with E-state index in [0.29, 0.717) is 0 Å². The molecule has 0 amide bonds. The Morgan fingerprint density at radius 1 is 1.45 bits per heavy atom. The lowest BCUT2D eigenvalue weighted by atomic mass is 10.7. The van der Waals surface area contributed by atoms with Gasteiger partial charge in [0.1, 0.15) is 6.61 Å². The lowest BCUT2D eigenvalue weighted by molar-refractivity contribution is -0.172.